The van der Waals surface area contributed by atoms with Gasteiger partial charge in [0.1, 0.15) is 11.8 Å². The molecule has 1 amide bonds. The summed E-state index contributed by atoms with van der Waals surface area (Å²) in [6, 6.07) is 13.0. The third kappa shape index (κ3) is 6.07. The summed E-state index contributed by atoms with van der Waals surface area (Å²) in [5.41, 5.74) is 1.58. The van der Waals surface area contributed by atoms with Crippen molar-refractivity contribution in [1.82, 2.24) is 10.0 Å². The molecule has 0 radical (unpaired) electrons. The molecule has 0 aliphatic rings. The molecule has 0 fully saturated rings. The Hall–Kier alpha value is -2.38. The summed E-state index contributed by atoms with van der Waals surface area (Å²) in [4.78, 5) is 12.8. The Morgan fingerprint density at radius 3 is 2.36 bits per heavy atom. The van der Waals surface area contributed by atoms with E-state index in [1.807, 2.05) is 44.2 Å². The van der Waals surface area contributed by atoms with Crippen LogP contribution in [0, 0.1) is 12.8 Å². The average molecular weight is 405 g/mol. The zero-order valence-electron chi connectivity index (χ0n) is 16.7. The van der Waals surface area contributed by atoms with Crippen molar-refractivity contribution in [3.05, 3.63) is 59.7 Å². The Labute approximate surface area is 167 Å². The lowest BCUT2D eigenvalue weighted by Gasteiger charge is -2.20. The largest absolute Gasteiger partial charge is 0.496 e. The van der Waals surface area contributed by atoms with E-state index in [-0.39, 0.29) is 23.1 Å². The molecule has 0 bridgehead atoms. The minimum absolute atomic E-state index is 0.0977. The molecule has 7 heteroatoms. The predicted octanol–water partition coefficient (Wildman–Crippen LogP) is 2.67. The third-order valence-electron chi connectivity index (χ3n) is 4.26. The van der Waals surface area contributed by atoms with E-state index in [1.54, 1.807) is 13.0 Å². The molecule has 0 saturated carbocycles. The minimum Gasteiger partial charge on any atom is -0.496 e. The van der Waals surface area contributed by atoms with Crippen molar-refractivity contribution in [2.45, 2.75) is 38.1 Å². The van der Waals surface area contributed by atoms with Gasteiger partial charge in [0.05, 0.1) is 12.0 Å². The molecule has 6 nitrogen and oxygen atoms in total. The van der Waals surface area contributed by atoms with Crippen LogP contribution in [0.5, 0.6) is 5.75 Å². The molecule has 0 heterocycles. The van der Waals surface area contributed by atoms with Crippen molar-refractivity contribution < 1.29 is 17.9 Å². The number of nitrogens with one attached hydrogen (secondary N) is 2. The van der Waals surface area contributed by atoms with E-state index < -0.39 is 16.1 Å². The third-order valence-corrected chi connectivity index (χ3v) is 5.73. The van der Waals surface area contributed by atoms with Gasteiger partial charge in [-0.2, -0.15) is 4.72 Å². The van der Waals surface area contributed by atoms with Gasteiger partial charge in [-0.25, -0.2) is 8.42 Å². The van der Waals surface area contributed by atoms with Crippen LogP contribution in [0.15, 0.2) is 53.4 Å². The Balaban J connectivity index is 2.26. The highest BCUT2D eigenvalue weighted by Crippen LogP contribution is 2.21. The van der Waals surface area contributed by atoms with Gasteiger partial charge < -0.3 is 10.1 Å². The predicted molar refractivity (Wildman–Crippen MR) is 110 cm³/mol. The molecule has 0 aromatic heterocycles. The van der Waals surface area contributed by atoms with E-state index in [9.17, 15) is 13.2 Å². The van der Waals surface area contributed by atoms with Crippen LogP contribution in [-0.2, 0) is 21.2 Å². The number of hydrogen-bond acceptors (Lipinski definition) is 4. The molecule has 2 aromatic rings. The highest BCUT2D eigenvalue weighted by Gasteiger charge is 2.26. The normalized spacial score (nSPS) is 12.6. The Kier molecular flexibility index (Phi) is 7.60. The number of amides is 1. The van der Waals surface area contributed by atoms with Crippen molar-refractivity contribution in [2.75, 3.05) is 13.7 Å². The summed E-state index contributed by atoms with van der Waals surface area (Å²) in [5, 5.41) is 2.82. The molecule has 2 N–H and O–H groups in total. The van der Waals surface area contributed by atoms with Crippen molar-refractivity contribution in [3.63, 3.8) is 0 Å². The summed E-state index contributed by atoms with van der Waals surface area (Å²) >= 11 is 0. The zero-order valence-corrected chi connectivity index (χ0v) is 17.5. The SMILES string of the molecule is COc1ccc(S(=O)(=O)N[C@@H](Cc2ccccc2)C(=O)NCC(C)C)cc1C. The smallest absolute Gasteiger partial charge is 0.241 e. The molecule has 0 aliphatic carbocycles. The molecular weight excluding hydrogens is 376 g/mol. The van der Waals surface area contributed by atoms with Gasteiger partial charge in [-0.05, 0) is 48.6 Å². The van der Waals surface area contributed by atoms with Gasteiger partial charge in [-0.3, -0.25) is 4.79 Å². The molecule has 0 unspecified atom stereocenters. The Bertz CT molecular complexity index is 896. The molecular formula is C21H28N2O4S. The lowest BCUT2D eigenvalue weighted by molar-refractivity contribution is -0.122. The maximum atomic E-state index is 12.9. The highest BCUT2D eigenvalue weighted by atomic mass is 32.2. The maximum absolute atomic E-state index is 12.9. The highest BCUT2D eigenvalue weighted by molar-refractivity contribution is 7.89. The number of ether oxygens (including phenoxy) is 1. The van der Waals surface area contributed by atoms with Gasteiger partial charge in [0.15, 0.2) is 0 Å². The van der Waals surface area contributed by atoms with Gasteiger partial charge in [0, 0.05) is 6.54 Å². The summed E-state index contributed by atoms with van der Waals surface area (Å²) in [5.74, 6) is 0.531. The van der Waals surface area contributed by atoms with Gasteiger partial charge in [0.25, 0.3) is 0 Å². The van der Waals surface area contributed by atoms with Crippen LogP contribution in [0.1, 0.15) is 25.0 Å². The lowest BCUT2D eigenvalue weighted by Crippen LogP contribution is -2.48. The Morgan fingerprint density at radius 1 is 1.11 bits per heavy atom. The van der Waals surface area contributed by atoms with Crippen molar-refractivity contribution in [3.8, 4) is 5.75 Å². The first-order valence-electron chi connectivity index (χ1n) is 9.21. The van der Waals surface area contributed by atoms with Gasteiger partial charge in [0.2, 0.25) is 15.9 Å². The number of methoxy groups -OCH3 is 1. The summed E-state index contributed by atoms with van der Waals surface area (Å²) < 4.78 is 33.5. The summed E-state index contributed by atoms with van der Waals surface area (Å²) in [6.07, 6.45) is 0.263. The van der Waals surface area contributed by atoms with Gasteiger partial charge in [-0.15, -0.1) is 0 Å². The molecule has 2 rings (SSSR count). The number of hydrogen-bond donors (Lipinski definition) is 2. The van der Waals surface area contributed by atoms with Crippen molar-refractivity contribution >= 4 is 15.9 Å². The van der Waals surface area contributed by atoms with E-state index in [1.165, 1.54) is 19.2 Å². The molecule has 152 valence electrons. The van der Waals surface area contributed by atoms with Crippen LogP contribution in [0.3, 0.4) is 0 Å². The second-order valence-electron chi connectivity index (χ2n) is 7.13. The average Bonchev–Trinajstić information content (AvgIpc) is 2.66. The van der Waals surface area contributed by atoms with E-state index in [0.29, 0.717) is 17.9 Å². The van der Waals surface area contributed by atoms with Gasteiger partial charge >= 0.3 is 0 Å². The molecule has 28 heavy (non-hydrogen) atoms. The zero-order chi connectivity index (χ0) is 20.7. The fourth-order valence-corrected chi connectivity index (χ4v) is 4.02. The van der Waals surface area contributed by atoms with E-state index in [4.69, 9.17) is 4.74 Å². The van der Waals surface area contributed by atoms with E-state index in [0.717, 1.165) is 5.56 Å². The number of carbonyl (C=O) groups is 1. The monoisotopic (exact) mass is 404 g/mol. The molecule has 0 spiro atoms. The molecule has 0 saturated heterocycles. The maximum Gasteiger partial charge on any atom is 0.241 e. The fraction of sp³-hybridized carbons (Fsp3) is 0.381. The van der Waals surface area contributed by atoms with Crippen LogP contribution >= 0.6 is 0 Å². The lowest BCUT2D eigenvalue weighted by atomic mass is 10.1. The fourth-order valence-electron chi connectivity index (χ4n) is 2.74. The topological polar surface area (TPSA) is 84.5 Å². The van der Waals surface area contributed by atoms with Crippen molar-refractivity contribution in [1.29, 1.82) is 0 Å². The van der Waals surface area contributed by atoms with E-state index in [2.05, 4.69) is 10.0 Å². The number of sulfonamides is 1. The number of carbonyl (C=O) groups excluding carboxylic acids is 1. The number of benzene rings is 2. The second kappa shape index (κ2) is 9.71. The summed E-state index contributed by atoms with van der Waals surface area (Å²) in [7, 11) is -2.35. The van der Waals surface area contributed by atoms with Crippen LogP contribution in [0.25, 0.3) is 0 Å². The van der Waals surface area contributed by atoms with Gasteiger partial charge in [-0.1, -0.05) is 44.2 Å². The standard InChI is InChI=1S/C21H28N2O4S/c1-15(2)14-22-21(24)19(13-17-8-6-5-7-9-17)23-28(25,26)18-10-11-20(27-4)16(3)12-18/h5-12,15,19,23H,13-14H2,1-4H3,(H,22,24)/t19-/m0/s1. The summed E-state index contributed by atoms with van der Waals surface area (Å²) in [6.45, 7) is 6.22. The first-order chi connectivity index (χ1) is 13.2. The quantitative estimate of drug-likeness (QED) is 0.673. The van der Waals surface area contributed by atoms with Crippen LogP contribution < -0.4 is 14.8 Å². The second-order valence-corrected chi connectivity index (χ2v) is 8.85. The minimum atomic E-state index is -3.88. The molecule has 2 aromatic carbocycles. The van der Waals surface area contributed by atoms with Crippen molar-refractivity contribution in [2.24, 2.45) is 5.92 Å². The van der Waals surface area contributed by atoms with E-state index >= 15 is 0 Å². The first-order valence-corrected chi connectivity index (χ1v) is 10.7. The van der Waals surface area contributed by atoms with Crippen LogP contribution in [0.4, 0.5) is 0 Å². The first kappa shape index (κ1) is 21.9. The number of aryl methyl sites for hydroxylation is 1. The Morgan fingerprint density at radius 2 is 1.79 bits per heavy atom. The number of rotatable bonds is 9. The van der Waals surface area contributed by atoms with Crippen LogP contribution in [0.2, 0.25) is 0 Å². The van der Waals surface area contributed by atoms with Crippen LogP contribution in [-0.4, -0.2) is 34.0 Å². The molecule has 0 aliphatic heterocycles. The molecule has 1 atom stereocenters.